The van der Waals surface area contributed by atoms with E-state index in [0.717, 1.165) is 59.3 Å². The second kappa shape index (κ2) is 8.84. The molecule has 4 bridgehead atoms. The number of aryl methyl sites for hydroxylation is 2. The third kappa shape index (κ3) is 4.15. The van der Waals surface area contributed by atoms with E-state index < -0.39 is 10.8 Å². The first-order valence-corrected chi connectivity index (χ1v) is 12.8. The highest BCUT2D eigenvalue weighted by atomic mass is 32.2. The predicted molar refractivity (Wildman–Crippen MR) is 115 cm³/mol. The molecule has 0 saturated heterocycles. The number of aromatic nitrogens is 2. The van der Waals surface area contributed by atoms with Gasteiger partial charge in [0.25, 0.3) is 0 Å². The molecule has 1 aliphatic heterocycles. The average molecular weight is 431 g/mol. The van der Waals surface area contributed by atoms with E-state index in [9.17, 15) is 4.21 Å². The summed E-state index contributed by atoms with van der Waals surface area (Å²) in [6.45, 7) is 2.26. The first-order chi connectivity index (χ1) is 14.3. The number of rotatable bonds is 0. The summed E-state index contributed by atoms with van der Waals surface area (Å²) in [7, 11) is -1.16. The van der Waals surface area contributed by atoms with Crippen molar-refractivity contribution in [3.05, 3.63) is 34.4 Å². The fourth-order valence-corrected chi connectivity index (χ4v) is 6.55. The lowest BCUT2D eigenvalue weighted by molar-refractivity contribution is 0.0603. The van der Waals surface area contributed by atoms with Gasteiger partial charge in [0.2, 0.25) is 0 Å². The standard InChI is InChI=1S/C22H26N2O3S2/c25-29-12-10-27-8-7-26-9-11-28-21-17-5-1-3-15(17)13-19(23-21)20-14-16-4-2-6-18(16)22(29)24-20/h13-14H,1-12H2. The molecule has 5 rings (SSSR count). The van der Waals surface area contributed by atoms with Gasteiger partial charge in [-0.05, 0) is 72.9 Å². The molecule has 3 aliphatic rings. The van der Waals surface area contributed by atoms with Crippen LogP contribution in [0.5, 0.6) is 0 Å². The molecule has 7 heteroatoms. The van der Waals surface area contributed by atoms with Gasteiger partial charge in [-0.1, -0.05) is 0 Å². The fourth-order valence-electron chi connectivity index (χ4n) is 4.41. The Morgan fingerprint density at radius 1 is 0.828 bits per heavy atom. The Bertz CT molecular complexity index is 948. The van der Waals surface area contributed by atoms with Crippen LogP contribution < -0.4 is 0 Å². The summed E-state index contributed by atoms with van der Waals surface area (Å²) in [4.78, 5) is 9.92. The molecule has 5 nitrogen and oxygen atoms in total. The summed E-state index contributed by atoms with van der Waals surface area (Å²) in [6.07, 6.45) is 6.51. The van der Waals surface area contributed by atoms with Crippen LogP contribution in [0.3, 0.4) is 0 Å². The Morgan fingerprint density at radius 3 is 2.34 bits per heavy atom. The minimum atomic E-state index is -1.16. The molecule has 2 aromatic rings. The van der Waals surface area contributed by atoms with Crippen molar-refractivity contribution in [3.8, 4) is 11.4 Å². The van der Waals surface area contributed by atoms with Crippen molar-refractivity contribution in [2.75, 3.05) is 37.9 Å². The highest BCUT2D eigenvalue weighted by molar-refractivity contribution is 7.99. The van der Waals surface area contributed by atoms with Crippen LogP contribution in [0.4, 0.5) is 0 Å². The lowest BCUT2D eigenvalue weighted by Crippen LogP contribution is -2.14. The maximum atomic E-state index is 13.1. The van der Waals surface area contributed by atoms with E-state index in [0.29, 0.717) is 32.2 Å². The fraction of sp³-hybridized carbons (Fsp3) is 0.545. The summed E-state index contributed by atoms with van der Waals surface area (Å²) in [6, 6.07) is 4.40. The number of ether oxygens (including phenoxy) is 2. The smallest absolute Gasteiger partial charge is 0.131 e. The van der Waals surface area contributed by atoms with Gasteiger partial charge >= 0.3 is 0 Å². The Kier molecular flexibility index (Phi) is 5.99. The first kappa shape index (κ1) is 19.7. The van der Waals surface area contributed by atoms with Crippen LogP contribution in [0.1, 0.15) is 35.1 Å². The van der Waals surface area contributed by atoms with Crippen LogP contribution in [0.2, 0.25) is 0 Å². The van der Waals surface area contributed by atoms with Crippen LogP contribution in [-0.4, -0.2) is 52.1 Å². The van der Waals surface area contributed by atoms with E-state index in [1.54, 1.807) is 11.8 Å². The summed E-state index contributed by atoms with van der Waals surface area (Å²) in [5, 5.41) is 1.87. The highest BCUT2D eigenvalue weighted by Gasteiger charge is 2.24. The van der Waals surface area contributed by atoms with Crippen molar-refractivity contribution in [1.29, 1.82) is 0 Å². The third-order valence-electron chi connectivity index (χ3n) is 5.83. The van der Waals surface area contributed by atoms with Crippen molar-refractivity contribution >= 4 is 22.6 Å². The monoisotopic (exact) mass is 430 g/mol. The molecule has 154 valence electrons. The average Bonchev–Trinajstić information content (AvgIpc) is 3.39. The molecule has 1 atom stereocenters. The van der Waals surface area contributed by atoms with Crippen molar-refractivity contribution in [2.45, 2.75) is 48.6 Å². The predicted octanol–water partition coefficient (Wildman–Crippen LogP) is 3.37. The zero-order valence-corrected chi connectivity index (χ0v) is 18.2. The van der Waals surface area contributed by atoms with E-state index in [4.69, 9.17) is 19.4 Å². The van der Waals surface area contributed by atoms with Gasteiger partial charge in [-0.3, -0.25) is 4.21 Å². The molecule has 2 aliphatic carbocycles. The summed E-state index contributed by atoms with van der Waals surface area (Å²) in [5.74, 6) is 1.36. The van der Waals surface area contributed by atoms with Gasteiger partial charge < -0.3 is 9.47 Å². The highest BCUT2D eigenvalue weighted by Crippen LogP contribution is 2.35. The van der Waals surface area contributed by atoms with Crippen LogP contribution >= 0.6 is 11.8 Å². The minimum absolute atomic E-state index is 0.465. The molecule has 0 aromatic carbocycles. The van der Waals surface area contributed by atoms with Crippen LogP contribution in [0.25, 0.3) is 11.4 Å². The van der Waals surface area contributed by atoms with Crippen molar-refractivity contribution in [2.24, 2.45) is 0 Å². The van der Waals surface area contributed by atoms with Crippen molar-refractivity contribution in [3.63, 3.8) is 0 Å². The Labute approximate surface area is 178 Å². The molecule has 2 aromatic heterocycles. The number of nitrogens with zero attached hydrogens (tertiary/aromatic N) is 2. The molecular weight excluding hydrogens is 404 g/mol. The normalized spacial score (nSPS) is 22.3. The summed E-state index contributed by atoms with van der Waals surface area (Å²) in [5.41, 5.74) is 7.07. The Balaban J connectivity index is 1.59. The topological polar surface area (TPSA) is 61.3 Å². The molecular formula is C22H26N2O3S2. The quantitative estimate of drug-likeness (QED) is 0.639. The second-order valence-corrected chi connectivity index (χ2v) is 10.3. The molecule has 0 spiro atoms. The van der Waals surface area contributed by atoms with Crippen LogP contribution in [0, 0.1) is 0 Å². The number of pyridine rings is 2. The second-order valence-electron chi connectivity index (χ2n) is 7.73. The van der Waals surface area contributed by atoms with E-state index in [2.05, 4.69) is 12.1 Å². The SMILES string of the molecule is O=S1CCOCCOCCSc2nc(cc3c2CCC3)-c2cc3c(c1n2)CCC3. The van der Waals surface area contributed by atoms with Gasteiger partial charge in [0.15, 0.2) is 0 Å². The lowest BCUT2D eigenvalue weighted by atomic mass is 10.1. The number of fused-ring (bicyclic) bond motifs is 9. The molecule has 29 heavy (non-hydrogen) atoms. The lowest BCUT2D eigenvalue weighted by Gasteiger charge is -2.14. The molecule has 0 amide bonds. The van der Waals surface area contributed by atoms with Gasteiger partial charge in [0.1, 0.15) is 10.1 Å². The number of thioether (sulfide) groups is 1. The van der Waals surface area contributed by atoms with E-state index in [-0.39, 0.29) is 0 Å². The maximum absolute atomic E-state index is 13.1. The van der Waals surface area contributed by atoms with Crippen molar-refractivity contribution in [1.82, 2.24) is 9.97 Å². The van der Waals surface area contributed by atoms with E-state index >= 15 is 0 Å². The summed E-state index contributed by atoms with van der Waals surface area (Å²) >= 11 is 1.78. The zero-order valence-electron chi connectivity index (χ0n) is 16.6. The van der Waals surface area contributed by atoms with Gasteiger partial charge in [0.05, 0.1) is 54.4 Å². The Morgan fingerprint density at radius 2 is 1.52 bits per heavy atom. The third-order valence-corrected chi connectivity index (χ3v) is 8.12. The molecule has 0 N–H and O–H groups in total. The first-order valence-electron chi connectivity index (χ1n) is 10.5. The number of hydrogen-bond acceptors (Lipinski definition) is 6. The van der Waals surface area contributed by atoms with Crippen LogP contribution in [-0.2, 0) is 46.0 Å². The minimum Gasteiger partial charge on any atom is -0.378 e. The molecule has 0 saturated carbocycles. The van der Waals surface area contributed by atoms with Crippen molar-refractivity contribution < 1.29 is 13.7 Å². The summed E-state index contributed by atoms with van der Waals surface area (Å²) < 4.78 is 24.4. The van der Waals surface area contributed by atoms with Crippen LogP contribution in [0.15, 0.2) is 22.2 Å². The molecule has 1 unspecified atom stereocenters. The number of hydrogen-bond donors (Lipinski definition) is 0. The Hall–Kier alpha value is -1.28. The van der Waals surface area contributed by atoms with Gasteiger partial charge in [-0.25, -0.2) is 9.97 Å². The van der Waals surface area contributed by atoms with E-state index in [1.165, 1.54) is 28.7 Å². The molecule has 3 heterocycles. The largest absolute Gasteiger partial charge is 0.378 e. The van der Waals surface area contributed by atoms with Gasteiger partial charge in [-0.2, -0.15) is 0 Å². The van der Waals surface area contributed by atoms with Gasteiger partial charge in [0, 0.05) is 5.75 Å². The molecule has 0 fully saturated rings. The van der Waals surface area contributed by atoms with Gasteiger partial charge in [-0.15, -0.1) is 11.8 Å². The van der Waals surface area contributed by atoms with E-state index in [1.807, 2.05) is 0 Å². The molecule has 0 radical (unpaired) electrons. The zero-order chi connectivity index (χ0) is 19.6. The maximum Gasteiger partial charge on any atom is 0.131 e.